The monoisotopic (exact) mass is 320 g/mol. The van der Waals surface area contributed by atoms with E-state index >= 15 is 0 Å². The molecule has 5 rings (SSSR count). The predicted molar refractivity (Wildman–Crippen MR) is 91.2 cm³/mol. The highest BCUT2D eigenvalue weighted by Gasteiger charge is 2.26. The fourth-order valence-electron chi connectivity index (χ4n) is 4.00. The zero-order chi connectivity index (χ0) is 15.9. The second-order valence-corrected chi connectivity index (χ2v) is 6.76. The quantitative estimate of drug-likeness (QED) is 0.725. The summed E-state index contributed by atoms with van der Waals surface area (Å²) in [4.78, 5) is 6.53. The molecule has 0 bridgehead atoms. The molecule has 6 nitrogen and oxygen atoms in total. The topological polar surface area (TPSA) is 59.2 Å². The van der Waals surface area contributed by atoms with Crippen molar-refractivity contribution in [1.29, 1.82) is 0 Å². The SMILES string of the molecule is c1cc(N2CCC(c3nnc4cc5c(nn34)CCC5)CC2)ccn1. The molecule has 1 aliphatic carbocycles. The van der Waals surface area contributed by atoms with Crippen molar-refractivity contribution in [3.8, 4) is 0 Å². The first kappa shape index (κ1) is 13.9. The number of hydrogen-bond acceptors (Lipinski definition) is 5. The number of aryl methyl sites for hydroxylation is 2. The average Bonchev–Trinajstić information content (AvgIpc) is 3.26. The lowest BCUT2D eigenvalue weighted by atomic mass is 9.96. The summed E-state index contributed by atoms with van der Waals surface area (Å²) in [7, 11) is 0. The summed E-state index contributed by atoms with van der Waals surface area (Å²) in [5.41, 5.74) is 4.75. The van der Waals surface area contributed by atoms with Crippen LogP contribution in [0, 0.1) is 0 Å². The highest BCUT2D eigenvalue weighted by molar-refractivity contribution is 5.46. The fourth-order valence-corrected chi connectivity index (χ4v) is 4.00. The van der Waals surface area contributed by atoms with E-state index in [0.29, 0.717) is 5.92 Å². The van der Waals surface area contributed by atoms with Gasteiger partial charge in [0.05, 0.1) is 5.69 Å². The first-order chi connectivity index (χ1) is 11.9. The number of aromatic nitrogens is 5. The summed E-state index contributed by atoms with van der Waals surface area (Å²) in [6, 6.07) is 6.34. The number of anilines is 1. The third-order valence-corrected chi connectivity index (χ3v) is 5.33. The maximum Gasteiger partial charge on any atom is 0.178 e. The Balaban J connectivity index is 1.39. The molecule has 0 radical (unpaired) electrons. The molecule has 0 amide bonds. The van der Waals surface area contributed by atoms with Crippen molar-refractivity contribution < 1.29 is 0 Å². The van der Waals surface area contributed by atoms with Gasteiger partial charge in [-0.15, -0.1) is 10.2 Å². The van der Waals surface area contributed by atoms with Crippen molar-refractivity contribution in [3.05, 3.63) is 47.7 Å². The van der Waals surface area contributed by atoms with Crippen molar-refractivity contribution in [2.24, 2.45) is 0 Å². The van der Waals surface area contributed by atoms with Crippen LogP contribution >= 0.6 is 0 Å². The lowest BCUT2D eigenvalue weighted by Gasteiger charge is -2.32. The molecule has 0 unspecified atom stereocenters. The van der Waals surface area contributed by atoms with Crippen molar-refractivity contribution in [1.82, 2.24) is 24.8 Å². The van der Waals surface area contributed by atoms with E-state index in [2.05, 4.69) is 38.3 Å². The van der Waals surface area contributed by atoms with E-state index in [1.54, 1.807) is 0 Å². The maximum absolute atomic E-state index is 4.84. The van der Waals surface area contributed by atoms with E-state index in [1.165, 1.54) is 23.4 Å². The molecule has 24 heavy (non-hydrogen) atoms. The van der Waals surface area contributed by atoms with Crippen molar-refractivity contribution in [3.63, 3.8) is 0 Å². The number of piperidine rings is 1. The second-order valence-electron chi connectivity index (χ2n) is 6.76. The van der Waals surface area contributed by atoms with Gasteiger partial charge in [0.15, 0.2) is 11.5 Å². The van der Waals surface area contributed by atoms with Gasteiger partial charge in [0.2, 0.25) is 0 Å². The van der Waals surface area contributed by atoms with Crippen LogP contribution in [0.15, 0.2) is 30.6 Å². The van der Waals surface area contributed by atoms with Crippen molar-refractivity contribution in [2.45, 2.75) is 38.0 Å². The summed E-state index contributed by atoms with van der Waals surface area (Å²) in [6.07, 6.45) is 9.32. The van der Waals surface area contributed by atoms with Crippen LogP contribution in [0.2, 0.25) is 0 Å². The summed E-state index contributed by atoms with van der Waals surface area (Å²) in [5, 5.41) is 13.7. The van der Waals surface area contributed by atoms with Gasteiger partial charge in [-0.05, 0) is 55.9 Å². The van der Waals surface area contributed by atoms with E-state index < -0.39 is 0 Å². The Morgan fingerprint density at radius 1 is 1.00 bits per heavy atom. The van der Waals surface area contributed by atoms with Crippen molar-refractivity contribution in [2.75, 3.05) is 18.0 Å². The predicted octanol–water partition coefficient (Wildman–Crippen LogP) is 2.39. The van der Waals surface area contributed by atoms with Gasteiger partial charge in [-0.1, -0.05) is 0 Å². The average molecular weight is 320 g/mol. The standard InChI is InChI=1S/C18H20N6/c1-2-14-12-17-20-21-18(24(17)22-16(14)3-1)13-6-10-23(11-7-13)15-4-8-19-9-5-15/h4-5,8-9,12-13H,1-3,6-7,10-11H2. The molecule has 0 saturated carbocycles. The molecule has 6 heteroatoms. The van der Waals surface area contributed by atoms with Gasteiger partial charge in [-0.3, -0.25) is 4.98 Å². The minimum atomic E-state index is 0.435. The summed E-state index contributed by atoms with van der Waals surface area (Å²) in [6.45, 7) is 2.07. The highest BCUT2D eigenvalue weighted by Crippen LogP contribution is 2.30. The van der Waals surface area contributed by atoms with Crippen LogP contribution in [-0.2, 0) is 12.8 Å². The molecule has 0 spiro atoms. The van der Waals surface area contributed by atoms with Gasteiger partial charge in [0.1, 0.15) is 0 Å². The van der Waals surface area contributed by atoms with Crippen molar-refractivity contribution >= 4 is 11.3 Å². The Kier molecular flexibility index (Phi) is 3.21. The largest absolute Gasteiger partial charge is 0.371 e. The number of nitrogens with zero attached hydrogens (tertiary/aromatic N) is 6. The van der Waals surface area contributed by atoms with Gasteiger partial charge < -0.3 is 4.90 Å². The Bertz CT molecular complexity index is 864. The Morgan fingerprint density at radius 2 is 1.83 bits per heavy atom. The van der Waals surface area contributed by atoms with Crippen LogP contribution in [0.4, 0.5) is 5.69 Å². The highest BCUT2D eigenvalue weighted by atomic mass is 15.4. The molecule has 1 saturated heterocycles. The molecule has 1 fully saturated rings. The summed E-state index contributed by atoms with van der Waals surface area (Å²) in [5.74, 6) is 1.47. The first-order valence-corrected chi connectivity index (χ1v) is 8.77. The zero-order valence-electron chi connectivity index (χ0n) is 13.6. The van der Waals surface area contributed by atoms with Crippen LogP contribution in [0.25, 0.3) is 5.65 Å². The van der Waals surface area contributed by atoms with Gasteiger partial charge in [0, 0.05) is 37.1 Å². The van der Waals surface area contributed by atoms with Crippen LogP contribution < -0.4 is 4.90 Å². The normalized spacial score (nSPS) is 18.2. The Labute approximate surface area is 140 Å². The molecule has 3 aromatic heterocycles. The molecule has 2 aliphatic rings. The van der Waals surface area contributed by atoms with Crippen LogP contribution in [0.3, 0.4) is 0 Å². The van der Waals surface area contributed by atoms with Crippen LogP contribution in [0.1, 0.15) is 42.3 Å². The number of pyridine rings is 1. The van der Waals surface area contributed by atoms with E-state index in [0.717, 1.165) is 50.2 Å². The van der Waals surface area contributed by atoms with Crippen LogP contribution in [0.5, 0.6) is 0 Å². The molecule has 122 valence electrons. The molecule has 3 aromatic rings. The minimum Gasteiger partial charge on any atom is -0.371 e. The van der Waals surface area contributed by atoms with E-state index in [1.807, 2.05) is 16.9 Å². The number of hydrogen-bond donors (Lipinski definition) is 0. The van der Waals surface area contributed by atoms with Gasteiger partial charge in [-0.25, -0.2) is 0 Å². The van der Waals surface area contributed by atoms with E-state index in [9.17, 15) is 0 Å². The third-order valence-electron chi connectivity index (χ3n) is 5.33. The molecule has 4 heterocycles. The van der Waals surface area contributed by atoms with E-state index in [-0.39, 0.29) is 0 Å². The third kappa shape index (κ3) is 2.25. The molecule has 1 aliphatic heterocycles. The van der Waals surface area contributed by atoms with Gasteiger partial charge in [-0.2, -0.15) is 9.61 Å². The summed E-state index contributed by atoms with van der Waals surface area (Å²) < 4.78 is 2.00. The maximum atomic E-state index is 4.84. The molecular weight excluding hydrogens is 300 g/mol. The van der Waals surface area contributed by atoms with E-state index in [4.69, 9.17) is 5.10 Å². The Hall–Kier alpha value is -2.50. The molecule has 0 N–H and O–H groups in total. The second kappa shape index (κ2) is 5.54. The lowest BCUT2D eigenvalue weighted by Crippen LogP contribution is -2.33. The number of fused-ring (bicyclic) bond motifs is 2. The molecule has 0 aromatic carbocycles. The number of rotatable bonds is 2. The smallest absolute Gasteiger partial charge is 0.178 e. The van der Waals surface area contributed by atoms with Gasteiger partial charge in [0.25, 0.3) is 0 Å². The molecule has 0 atom stereocenters. The van der Waals surface area contributed by atoms with Gasteiger partial charge >= 0.3 is 0 Å². The Morgan fingerprint density at radius 3 is 2.67 bits per heavy atom. The van der Waals surface area contributed by atoms with Crippen LogP contribution in [-0.4, -0.2) is 37.9 Å². The summed E-state index contributed by atoms with van der Waals surface area (Å²) >= 11 is 0. The zero-order valence-corrected chi connectivity index (χ0v) is 13.6. The minimum absolute atomic E-state index is 0.435. The lowest BCUT2D eigenvalue weighted by molar-refractivity contribution is 0.476. The first-order valence-electron chi connectivity index (χ1n) is 8.77. The molecular formula is C18H20N6. The fraction of sp³-hybridized carbons (Fsp3) is 0.444.